The molecule has 1 aliphatic carbocycles. The number of rotatable bonds is 4. The molecule has 3 heterocycles. The molecule has 174 valence electrons. The highest BCUT2D eigenvalue weighted by Crippen LogP contribution is 2.48. The Balaban J connectivity index is 1.35. The molecule has 2 saturated heterocycles. The van der Waals surface area contributed by atoms with Gasteiger partial charge in [0.1, 0.15) is 16.3 Å². The summed E-state index contributed by atoms with van der Waals surface area (Å²) in [4.78, 5) is 15.8. The SMILES string of the molecule is C=CC(=O)N1CC2(C1)CN(c1snc3c(F)c(-c4cc(OC)cc5c4C=CCC5)c(Cl)cc13)C2. The van der Waals surface area contributed by atoms with Crippen LogP contribution in [0.1, 0.15) is 17.5 Å². The van der Waals surface area contributed by atoms with E-state index in [0.717, 1.165) is 66.1 Å². The van der Waals surface area contributed by atoms with Crippen molar-refractivity contribution in [2.24, 2.45) is 5.41 Å². The number of hydrogen-bond donors (Lipinski definition) is 0. The fourth-order valence-corrected chi connectivity index (χ4v) is 6.63. The second-order valence-electron chi connectivity index (χ2n) is 9.37. The molecule has 3 aliphatic rings. The van der Waals surface area contributed by atoms with Gasteiger partial charge in [-0.25, -0.2) is 4.39 Å². The zero-order valence-corrected chi connectivity index (χ0v) is 20.3. The van der Waals surface area contributed by atoms with Crippen molar-refractivity contribution in [3.63, 3.8) is 0 Å². The van der Waals surface area contributed by atoms with Crippen molar-refractivity contribution in [1.82, 2.24) is 9.27 Å². The van der Waals surface area contributed by atoms with Gasteiger partial charge in [-0.2, -0.15) is 4.37 Å². The van der Waals surface area contributed by atoms with Crippen LogP contribution in [0.15, 0.2) is 36.9 Å². The van der Waals surface area contributed by atoms with Crippen molar-refractivity contribution in [3.8, 4) is 16.9 Å². The van der Waals surface area contributed by atoms with E-state index in [9.17, 15) is 4.79 Å². The Bertz CT molecular complexity index is 1380. The summed E-state index contributed by atoms with van der Waals surface area (Å²) in [5, 5.41) is 2.02. The van der Waals surface area contributed by atoms with Crippen molar-refractivity contribution in [2.75, 3.05) is 38.2 Å². The lowest BCUT2D eigenvalue weighted by Crippen LogP contribution is -2.72. The number of aromatic nitrogens is 1. The van der Waals surface area contributed by atoms with Crippen molar-refractivity contribution in [2.45, 2.75) is 12.8 Å². The molecule has 0 unspecified atom stereocenters. The van der Waals surface area contributed by atoms with Crippen LogP contribution < -0.4 is 9.64 Å². The summed E-state index contributed by atoms with van der Waals surface area (Å²) in [6, 6.07) is 5.70. The molecule has 5 nitrogen and oxygen atoms in total. The molecular formula is C26H23ClFN3O2S. The molecule has 2 aromatic carbocycles. The smallest absolute Gasteiger partial charge is 0.245 e. The number of methoxy groups -OCH3 is 1. The van der Waals surface area contributed by atoms with Gasteiger partial charge >= 0.3 is 0 Å². The third-order valence-electron chi connectivity index (χ3n) is 7.13. The maximum absolute atomic E-state index is 16.0. The van der Waals surface area contributed by atoms with Gasteiger partial charge in [0.15, 0.2) is 5.82 Å². The molecule has 8 heteroatoms. The molecule has 0 saturated carbocycles. The van der Waals surface area contributed by atoms with Gasteiger partial charge in [0.2, 0.25) is 5.91 Å². The quantitative estimate of drug-likeness (QED) is 0.445. The van der Waals surface area contributed by atoms with Crippen molar-refractivity contribution in [1.29, 1.82) is 0 Å². The molecule has 2 aliphatic heterocycles. The number of carbonyl (C=O) groups excluding carboxylic acids is 1. The Morgan fingerprint density at radius 2 is 2.09 bits per heavy atom. The standard InChI is InChI=1S/C26H23ClFN3O2S/c1-3-21(32)30-11-26(12-30)13-31(14-26)25-19-10-20(27)22(23(28)24(19)29-34-25)18-9-16(33-2)8-15-6-4-5-7-17(15)18/h3,5,7-10H,1,4,6,11-14H2,2H3. The van der Waals surface area contributed by atoms with Gasteiger partial charge in [0.05, 0.1) is 12.1 Å². The molecule has 0 radical (unpaired) electrons. The average Bonchev–Trinajstić information content (AvgIpc) is 3.20. The monoisotopic (exact) mass is 495 g/mol. The number of likely N-dealkylation sites (tertiary alicyclic amines) is 1. The van der Waals surface area contributed by atoms with Crippen LogP contribution in [0.25, 0.3) is 28.1 Å². The molecule has 1 spiro atoms. The number of allylic oxidation sites excluding steroid dienone is 1. The second-order valence-corrected chi connectivity index (χ2v) is 10.5. The molecule has 2 fully saturated rings. The van der Waals surface area contributed by atoms with E-state index >= 15 is 4.39 Å². The topological polar surface area (TPSA) is 45.7 Å². The van der Waals surface area contributed by atoms with Crippen LogP contribution in [0.4, 0.5) is 9.39 Å². The molecule has 1 amide bonds. The van der Waals surface area contributed by atoms with Gasteiger partial charge in [0.25, 0.3) is 0 Å². The highest BCUT2D eigenvalue weighted by molar-refractivity contribution is 7.11. The van der Waals surface area contributed by atoms with E-state index < -0.39 is 5.82 Å². The number of nitrogens with zero attached hydrogens (tertiary/aromatic N) is 3. The van der Waals surface area contributed by atoms with E-state index in [1.54, 1.807) is 12.0 Å². The summed E-state index contributed by atoms with van der Waals surface area (Å²) in [7, 11) is 1.62. The Hall–Kier alpha value is -2.90. The molecule has 34 heavy (non-hydrogen) atoms. The Kier molecular flexibility index (Phi) is 4.97. The van der Waals surface area contributed by atoms with Gasteiger partial charge in [-0.05, 0) is 65.3 Å². The highest BCUT2D eigenvalue weighted by atomic mass is 35.5. The average molecular weight is 496 g/mol. The van der Waals surface area contributed by atoms with Crippen LogP contribution in [0.5, 0.6) is 5.75 Å². The fraction of sp³-hybridized carbons (Fsp3) is 0.308. The molecular weight excluding hydrogens is 473 g/mol. The number of anilines is 1. The van der Waals surface area contributed by atoms with Gasteiger partial charge in [-0.15, -0.1) is 0 Å². The van der Waals surface area contributed by atoms with Gasteiger partial charge in [-0.3, -0.25) is 4.79 Å². The van der Waals surface area contributed by atoms with E-state index in [1.807, 2.05) is 24.3 Å². The van der Waals surface area contributed by atoms with Crippen molar-refractivity contribution < 1.29 is 13.9 Å². The number of aryl methyl sites for hydroxylation is 1. The Labute approximate surface area is 206 Å². The highest BCUT2D eigenvalue weighted by Gasteiger charge is 2.53. The number of halogens is 2. The fourth-order valence-electron chi connectivity index (χ4n) is 5.48. The maximum atomic E-state index is 16.0. The Morgan fingerprint density at radius 3 is 2.82 bits per heavy atom. The molecule has 6 rings (SSSR count). The lowest BCUT2D eigenvalue weighted by molar-refractivity contribution is -0.139. The normalized spacial score (nSPS) is 18.0. The molecule has 3 aromatic rings. The van der Waals surface area contributed by atoms with Gasteiger partial charge in [-0.1, -0.05) is 30.3 Å². The van der Waals surface area contributed by atoms with E-state index in [1.165, 1.54) is 17.6 Å². The summed E-state index contributed by atoms with van der Waals surface area (Å²) in [5.41, 5.74) is 3.66. The van der Waals surface area contributed by atoms with Gasteiger partial charge in [0, 0.05) is 42.5 Å². The predicted octanol–water partition coefficient (Wildman–Crippen LogP) is 5.56. The number of amides is 1. The summed E-state index contributed by atoms with van der Waals surface area (Å²) in [6.45, 7) is 6.67. The van der Waals surface area contributed by atoms with Crippen LogP contribution in [0.2, 0.25) is 5.02 Å². The van der Waals surface area contributed by atoms with E-state index in [0.29, 0.717) is 21.9 Å². The number of ether oxygens (including phenoxy) is 1. The minimum absolute atomic E-state index is 0.0247. The molecule has 0 atom stereocenters. The zero-order chi connectivity index (χ0) is 23.6. The number of carbonyl (C=O) groups is 1. The number of benzene rings is 2. The van der Waals surface area contributed by atoms with Crippen molar-refractivity contribution >= 4 is 51.0 Å². The molecule has 0 bridgehead atoms. The van der Waals surface area contributed by atoms with E-state index in [4.69, 9.17) is 16.3 Å². The zero-order valence-electron chi connectivity index (χ0n) is 18.7. The first kappa shape index (κ1) is 21.6. The second kappa shape index (κ2) is 7.82. The lowest BCUT2D eigenvalue weighted by Gasteiger charge is -2.60. The van der Waals surface area contributed by atoms with Crippen LogP contribution >= 0.6 is 23.1 Å². The first-order chi connectivity index (χ1) is 16.4. The Morgan fingerprint density at radius 1 is 1.29 bits per heavy atom. The molecule has 1 aromatic heterocycles. The summed E-state index contributed by atoms with van der Waals surface area (Å²) in [6.07, 6.45) is 7.33. The minimum atomic E-state index is -0.402. The summed E-state index contributed by atoms with van der Waals surface area (Å²) >= 11 is 8.04. The van der Waals surface area contributed by atoms with E-state index in [-0.39, 0.29) is 11.3 Å². The predicted molar refractivity (Wildman–Crippen MR) is 135 cm³/mol. The van der Waals surface area contributed by atoms with Gasteiger partial charge < -0.3 is 14.5 Å². The van der Waals surface area contributed by atoms with Crippen LogP contribution in [-0.4, -0.2) is 48.5 Å². The van der Waals surface area contributed by atoms with Crippen LogP contribution in [0, 0.1) is 11.2 Å². The maximum Gasteiger partial charge on any atom is 0.245 e. The summed E-state index contributed by atoms with van der Waals surface area (Å²) < 4.78 is 25.9. The number of fused-ring (bicyclic) bond motifs is 2. The van der Waals surface area contributed by atoms with Crippen LogP contribution in [0.3, 0.4) is 0 Å². The minimum Gasteiger partial charge on any atom is -0.497 e. The van der Waals surface area contributed by atoms with E-state index in [2.05, 4.69) is 21.9 Å². The largest absolute Gasteiger partial charge is 0.497 e. The first-order valence-corrected chi connectivity index (χ1v) is 12.4. The third kappa shape index (κ3) is 3.17. The lowest BCUT2D eigenvalue weighted by atomic mass is 9.73. The summed E-state index contributed by atoms with van der Waals surface area (Å²) in [5.74, 6) is 0.262. The third-order valence-corrected chi connectivity index (χ3v) is 8.36. The number of hydrogen-bond acceptors (Lipinski definition) is 5. The van der Waals surface area contributed by atoms with Crippen molar-refractivity contribution in [3.05, 3.63) is 58.9 Å². The first-order valence-electron chi connectivity index (χ1n) is 11.2. The van der Waals surface area contributed by atoms with Crippen LogP contribution in [-0.2, 0) is 11.2 Å². The molecule has 0 N–H and O–H groups in total.